The van der Waals surface area contributed by atoms with E-state index < -0.39 is 5.54 Å². The molecule has 1 aromatic carbocycles. The summed E-state index contributed by atoms with van der Waals surface area (Å²) in [5, 5.41) is 4.30. The number of nitrogens with zero attached hydrogens (tertiary/aromatic N) is 1. The van der Waals surface area contributed by atoms with Crippen LogP contribution in [0.4, 0.5) is 0 Å². The number of benzene rings is 1. The Morgan fingerprint density at radius 3 is 2.48 bits per heavy atom. The molecule has 1 aliphatic heterocycles. The molecule has 3 nitrogen and oxygen atoms in total. The van der Waals surface area contributed by atoms with Gasteiger partial charge in [0.25, 0.3) is 0 Å². The number of piperidine rings is 1. The molecule has 1 N–H and O–H groups in total. The molecule has 1 aromatic rings. The summed E-state index contributed by atoms with van der Waals surface area (Å²) < 4.78 is 0. The summed E-state index contributed by atoms with van der Waals surface area (Å²) in [6, 6.07) is 5.39. The molecule has 21 heavy (non-hydrogen) atoms. The zero-order valence-corrected chi connectivity index (χ0v) is 14.3. The van der Waals surface area contributed by atoms with Crippen molar-refractivity contribution in [3.63, 3.8) is 0 Å². The lowest BCUT2D eigenvalue weighted by atomic mass is 9.91. The molecule has 5 heteroatoms. The average Bonchev–Trinajstić information content (AvgIpc) is 2.37. The smallest absolute Gasteiger partial charge is 0.225 e. The maximum Gasteiger partial charge on any atom is 0.225 e. The highest BCUT2D eigenvalue weighted by Gasteiger charge is 2.29. The monoisotopic (exact) mass is 328 g/mol. The fraction of sp³-hybridized carbons (Fsp3) is 0.562. The van der Waals surface area contributed by atoms with Crippen LogP contribution in [-0.4, -0.2) is 30.9 Å². The zero-order chi connectivity index (χ0) is 15.6. The van der Waals surface area contributed by atoms with Gasteiger partial charge in [0.15, 0.2) is 0 Å². The van der Waals surface area contributed by atoms with Crippen LogP contribution in [0.15, 0.2) is 18.2 Å². The van der Waals surface area contributed by atoms with Gasteiger partial charge in [-0.05, 0) is 64.0 Å². The van der Waals surface area contributed by atoms with Crippen molar-refractivity contribution < 1.29 is 4.79 Å². The Labute approximate surface area is 136 Å². The van der Waals surface area contributed by atoms with Gasteiger partial charge in [-0.25, -0.2) is 0 Å². The summed E-state index contributed by atoms with van der Waals surface area (Å²) in [5.41, 5.74) is 0.416. The van der Waals surface area contributed by atoms with Crippen LogP contribution < -0.4 is 5.32 Å². The maximum absolute atomic E-state index is 12.5. The van der Waals surface area contributed by atoms with Crippen molar-refractivity contribution >= 4 is 29.1 Å². The van der Waals surface area contributed by atoms with E-state index in [-0.39, 0.29) is 11.8 Å². The molecule has 1 heterocycles. The van der Waals surface area contributed by atoms with Gasteiger partial charge in [0.05, 0.1) is 11.5 Å². The summed E-state index contributed by atoms with van der Waals surface area (Å²) in [6.07, 6.45) is 2.01. The number of amides is 1. The van der Waals surface area contributed by atoms with E-state index in [2.05, 4.69) is 17.3 Å². The fourth-order valence-electron chi connectivity index (χ4n) is 2.78. The maximum atomic E-state index is 12.5. The Balaban J connectivity index is 2.10. The van der Waals surface area contributed by atoms with E-state index in [1.165, 1.54) is 0 Å². The summed E-state index contributed by atoms with van der Waals surface area (Å²) in [4.78, 5) is 14.7. The Morgan fingerprint density at radius 1 is 1.29 bits per heavy atom. The van der Waals surface area contributed by atoms with E-state index in [0.29, 0.717) is 10.0 Å². The Morgan fingerprint density at radius 2 is 1.90 bits per heavy atom. The first kappa shape index (κ1) is 16.6. The summed E-state index contributed by atoms with van der Waals surface area (Å²) >= 11 is 12.1. The van der Waals surface area contributed by atoms with Crippen LogP contribution in [0.3, 0.4) is 0 Å². The molecule has 0 aliphatic carbocycles. The number of hydrogen-bond donors (Lipinski definition) is 1. The number of carbonyl (C=O) groups is 1. The number of carbonyl (C=O) groups excluding carboxylic acids is 1. The molecule has 0 spiro atoms. The van der Waals surface area contributed by atoms with E-state index in [4.69, 9.17) is 23.2 Å². The van der Waals surface area contributed by atoms with Gasteiger partial charge in [-0.2, -0.15) is 0 Å². The average molecular weight is 329 g/mol. The second-order valence-corrected chi connectivity index (χ2v) is 7.25. The highest BCUT2D eigenvalue weighted by atomic mass is 35.5. The second-order valence-electron chi connectivity index (χ2n) is 6.37. The van der Waals surface area contributed by atoms with E-state index in [0.717, 1.165) is 31.5 Å². The number of nitrogens with one attached hydrogen (secondary N) is 1. The topological polar surface area (TPSA) is 32.3 Å². The van der Waals surface area contributed by atoms with Crippen molar-refractivity contribution in [2.75, 3.05) is 20.1 Å². The zero-order valence-electron chi connectivity index (χ0n) is 12.7. The van der Waals surface area contributed by atoms with Crippen molar-refractivity contribution in [3.05, 3.63) is 33.8 Å². The van der Waals surface area contributed by atoms with Gasteiger partial charge in [-0.15, -0.1) is 0 Å². The van der Waals surface area contributed by atoms with Crippen LogP contribution >= 0.6 is 23.2 Å². The Hall–Kier alpha value is -0.770. The minimum Gasteiger partial charge on any atom is -0.347 e. The molecule has 1 unspecified atom stereocenters. The number of halogens is 2. The third kappa shape index (κ3) is 4.35. The molecule has 1 aliphatic rings. The van der Waals surface area contributed by atoms with Gasteiger partial charge >= 0.3 is 0 Å². The van der Waals surface area contributed by atoms with E-state index in [1.807, 2.05) is 26.0 Å². The summed E-state index contributed by atoms with van der Waals surface area (Å²) in [6.45, 7) is 5.83. The van der Waals surface area contributed by atoms with Crippen LogP contribution in [0, 0.1) is 5.92 Å². The van der Waals surface area contributed by atoms with Crippen LogP contribution in [0.1, 0.15) is 32.3 Å². The second kappa shape index (κ2) is 6.55. The molecule has 116 valence electrons. The lowest BCUT2D eigenvalue weighted by molar-refractivity contribution is -0.128. The van der Waals surface area contributed by atoms with E-state index in [9.17, 15) is 4.79 Å². The SMILES string of the molecule is CN1CCCC(C(=O)NC(C)(C)c2cc(Cl)cc(Cl)c2)C1. The molecule has 0 bridgehead atoms. The molecule has 0 radical (unpaired) electrons. The third-order valence-electron chi connectivity index (χ3n) is 4.02. The van der Waals surface area contributed by atoms with E-state index >= 15 is 0 Å². The fourth-order valence-corrected chi connectivity index (χ4v) is 3.30. The molecule has 1 amide bonds. The van der Waals surface area contributed by atoms with Crippen LogP contribution in [0.5, 0.6) is 0 Å². The van der Waals surface area contributed by atoms with Gasteiger partial charge in [0.2, 0.25) is 5.91 Å². The van der Waals surface area contributed by atoms with Gasteiger partial charge in [-0.1, -0.05) is 23.2 Å². The predicted molar refractivity (Wildman–Crippen MR) is 87.9 cm³/mol. The molecule has 1 atom stereocenters. The number of hydrogen-bond acceptors (Lipinski definition) is 2. The van der Waals surface area contributed by atoms with Crippen LogP contribution in [0.2, 0.25) is 10.0 Å². The van der Waals surface area contributed by atoms with Gasteiger partial charge in [0.1, 0.15) is 0 Å². The van der Waals surface area contributed by atoms with Crippen molar-refractivity contribution in [3.8, 4) is 0 Å². The minimum atomic E-state index is -0.498. The lowest BCUT2D eigenvalue weighted by Gasteiger charge is -2.33. The quantitative estimate of drug-likeness (QED) is 0.917. The standard InChI is InChI=1S/C16H22Cl2N2O/c1-16(2,12-7-13(17)9-14(18)8-12)19-15(21)11-5-4-6-20(3)10-11/h7-9,11H,4-6,10H2,1-3H3,(H,19,21). The summed E-state index contributed by atoms with van der Waals surface area (Å²) in [5.74, 6) is 0.153. The van der Waals surface area contributed by atoms with Crippen LogP contribution in [0.25, 0.3) is 0 Å². The lowest BCUT2D eigenvalue weighted by Crippen LogP contribution is -2.48. The largest absolute Gasteiger partial charge is 0.347 e. The highest BCUT2D eigenvalue weighted by Crippen LogP contribution is 2.28. The van der Waals surface area contributed by atoms with E-state index in [1.54, 1.807) is 6.07 Å². The van der Waals surface area contributed by atoms with Crippen molar-refractivity contribution in [1.82, 2.24) is 10.2 Å². The van der Waals surface area contributed by atoms with Gasteiger partial charge in [0, 0.05) is 16.6 Å². The van der Waals surface area contributed by atoms with Crippen LogP contribution in [-0.2, 0) is 10.3 Å². The minimum absolute atomic E-state index is 0.0534. The Kier molecular flexibility index (Phi) is 5.18. The molecule has 1 fully saturated rings. The third-order valence-corrected chi connectivity index (χ3v) is 4.45. The molecule has 0 aromatic heterocycles. The first-order valence-electron chi connectivity index (χ1n) is 7.25. The highest BCUT2D eigenvalue weighted by molar-refractivity contribution is 6.34. The number of likely N-dealkylation sites (tertiary alicyclic amines) is 1. The van der Waals surface area contributed by atoms with Crippen molar-refractivity contribution in [2.24, 2.45) is 5.92 Å². The molecular formula is C16H22Cl2N2O. The molecular weight excluding hydrogens is 307 g/mol. The first-order chi connectivity index (χ1) is 9.78. The molecule has 2 rings (SSSR count). The molecule has 0 saturated carbocycles. The predicted octanol–water partition coefficient (Wildman–Crippen LogP) is 3.69. The van der Waals surface area contributed by atoms with Crippen molar-refractivity contribution in [1.29, 1.82) is 0 Å². The normalized spacial score (nSPS) is 20.3. The van der Waals surface area contributed by atoms with Gasteiger partial charge in [-0.3, -0.25) is 4.79 Å². The summed E-state index contributed by atoms with van der Waals surface area (Å²) in [7, 11) is 2.06. The Bertz CT molecular complexity index is 511. The molecule has 1 saturated heterocycles. The first-order valence-corrected chi connectivity index (χ1v) is 8.00. The number of rotatable bonds is 3. The van der Waals surface area contributed by atoms with Gasteiger partial charge < -0.3 is 10.2 Å². The van der Waals surface area contributed by atoms with Crippen molar-refractivity contribution in [2.45, 2.75) is 32.2 Å².